The number of carbonyl (C=O) groups excluding carboxylic acids is 2. The molecule has 2 fully saturated rings. The van der Waals surface area contributed by atoms with Gasteiger partial charge in [0, 0.05) is 6.04 Å². The minimum absolute atomic E-state index is 0.0176. The first-order valence-corrected chi connectivity index (χ1v) is 7.82. The van der Waals surface area contributed by atoms with Gasteiger partial charge < -0.3 is 10.2 Å². The number of nitrogens with one attached hydrogen (secondary N) is 1. The van der Waals surface area contributed by atoms with E-state index in [9.17, 15) is 9.59 Å². The van der Waals surface area contributed by atoms with Crippen LogP contribution in [0.25, 0.3) is 0 Å². The highest BCUT2D eigenvalue weighted by Crippen LogP contribution is 2.65. The van der Waals surface area contributed by atoms with Crippen LogP contribution in [-0.4, -0.2) is 34.8 Å². The van der Waals surface area contributed by atoms with Crippen molar-refractivity contribution in [3.63, 3.8) is 0 Å². The maximum atomic E-state index is 12.8. The molecule has 20 heavy (non-hydrogen) atoms. The number of hydrogen-bond donors (Lipinski definition) is 1. The van der Waals surface area contributed by atoms with Crippen molar-refractivity contribution in [1.82, 2.24) is 10.2 Å². The van der Waals surface area contributed by atoms with E-state index in [0.29, 0.717) is 6.42 Å². The average molecular weight is 280 g/mol. The molecule has 1 N–H and O–H groups in total. The van der Waals surface area contributed by atoms with Gasteiger partial charge in [-0.05, 0) is 23.7 Å². The third-order valence-corrected chi connectivity index (χ3v) is 5.69. The third kappa shape index (κ3) is 1.95. The Labute approximate surface area is 122 Å². The Bertz CT molecular complexity index is 414. The summed E-state index contributed by atoms with van der Waals surface area (Å²) < 4.78 is 0. The van der Waals surface area contributed by atoms with Gasteiger partial charge in [0.1, 0.15) is 12.1 Å². The van der Waals surface area contributed by atoms with Gasteiger partial charge >= 0.3 is 0 Å². The van der Waals surface area contributed by atoms with Gasteiger partial charge in [-0.1, -0.05) is 48.0 Å². The molecule has 4 heteroatoms. The van der Waals surface area contributed by atoms with Crippen molar-refractivity contribution < 1.29 is 9.59 Å². The summed E-state index contributed by atoms with van der Waals surface area (Å²) in [5, 5.41) is 2.91. The molecule has 2 atom stereocenters. The molecule has 0 aromatic carbocycles. The SMILES string of the molecule is CCCC1NC(=O)C(CC)N(C2C(C)(C)C2(C)C)C1=O. The Kier molecular flexibility index (Phi) is 3.64. The molecule has 1 heterocycles. The van der Waals surface area contributed by atoms with Crippen LogP contribution in [0, 0.1) is 10.8 Å². The summed E-state index contributed by atoms with van der Waals surface area (Å²) in [5.41, 5.74) is 0.148. The molecule has 1 saturated heterocycles. The van der Waals surface area contributed by atoms with Crippen molar-refractivity contribution in [2.75, 3.05) is 0 Å². The Hall–Kier alpha value is -1.06. The highest BCUT2D eigenvalue weighted by atomic mass is 16.2. The number of carbonyl (C=O) groups is 2. The fourth-order valence-electron chi connectivity index (χ4n) is 3.82. The van der Waals surface area contributed by atoms with Gasteiger partial charge in [-0.3, -0.25) is 9.59 Å². The highest BCUT2D eigenvalue weighted by Gasteiger charge is 2.70. The van der Waals surface area contributed by atoms with Crippen LogP contribution in [0.5, 0.6) is 0 Å². The minimum Gasteiger partial charge on any atom is -0.343 e. The summed E-state index contributed by atoms with van der Waals surface area (Å²) in [7, 11) is 0. The molecule has 0 spiro atoms. The molecular weight excluding hydrogens is 252 g/mol. The number of hydrogen-bond acceptors (Lipinski definition) is 2. The predicted octanol–water partition coefficient (Wildman–Crippen LogP) is 2.33. The largest absolute Gasteiger partial charge is 0.343 e. The van der Waals surface area contributed by atoms with E-state index in [0.717, 1.165) is 12.8 Å². The van der Waals surface area contributed by atoms with E-state index in [4.69, 9.17) is 0 Å². The monoisotopic (exact) mass is 280 g/mol. The molecule has 4 nitrogen and oxygen atoms in total. The molecule has 0 bridgehead atoms. The number of amides is 2. The van der Waals surface area contributed by atoms with Gasteiger partial charge in [0.2, 0.25) is 11.8 Å². The first-order valence-electron chi connectivity index (χ1n) is 7.82. The van der Waals surface area contributed by atoms with Crippen LogP contribution < -0.4 is 5.32 Å². The van der Waals surface area contributed by atoms with Crippen LogP contribution in [0.4, 0.5) is 0 Å². The zero-order valence-electron chi connectivity index (χ0n) is 13.6. The number of piperazine rings is 1. The lowest BCUT2D eigenvalue weighted by Gasteiger charge is -2.40. The molecule has 2 amide bonds. The van der Waals surface area contributed by atoms with Crippen LogP contribution in [0.2, 0.25) is 0 Å². The van der Waals surface area contributed by atoms with Crippen LogP contribution in [0.1, 0.15) is 60.8 Å². The summed E-state index contributed by atoms with van der Waals surface area (Å²) in [6.45, 7) is 12.8. The standard InChI is InChI=1S/C16H28N2O2/c1-7-9-10-13(20)18(11(8-2)12(19)17-10)14-15(3,4)16(14,5)6/h10-11,14H,7-9H2,1-6H3,(H,17,19). The second-order valence-corrected chi connectivity index (χ2v) is 7.37. The van der Waals surface area contributed by atoms with E-state index >= 15 is 0 Å². The van der Waals surface area contributed by atoms with Crippen molar-refractivity contribution in [3.8, 4) is 0 Å². The molecule has 2 rings (SSSR count). The average Bonchev–Trinajstić information content (AvgIpc) is 2.74. The molecule has 2 unspecified atom stereocenters. The van der Waals surface area contributed by atoms with Gasteiger partial charge in [0.15, 0.2) is 0 Å². The van der Waals surface area contributed by atoms with Crippen LogP contribution in [0.15, 0.2) is 0 Å². The second-order valence-electron chi connectivity index (χ2n) is 7.37. The molecule has 1 aliphatic carbocycles. The smallest absolute Gasteiger partial charge is 0.246 e. The summed E-state index contributed by atoms with van der Waals surface area (Å²) >= 11 is 0. The Morgan fingerprint density at radius 3 is 2.05 bits per heavy atom. The van der Waals surface area contributed by atoms with Gasteiger partial charge in [-0.25, -0.2) is 0 Å². The lowest BCUT2D eigenvalue weighted by Crippen LogP contribution is -2.64. The maximum absolute atomic E-state index is 12.8. The third-order valence-electron chi connectivity index (χ3n) is 5.69. The van der Waals surface area contributed by atoms with E-state index in [1.54, 1.807) is 0 Å². The molecule has 114 valence electrons. The normalized spacial score (nSPS) is 32.2. The van der Waals surface area contributed by atoms with Crippen molar-refractivity contribution in [2.24, 2.45) is 10.8 Å². The van der Waals surface area contributed by atoms with Gasteiger partial charge in [-0.15, -0.1) is 0 Å². The van der Waals surface area contributed by atoms with E-state index in [1.165, 1.54) is 0 Å². The molecule has 0 aromatic heterocycles. The Morgan fingerprint density at radius 2 is 1.65 bits per heavy atom. The van der Waals surface area contributed by atoms with Crippen molar-refractivity contribution in [3.05, 3.63) is 0 Å². The van der Waals surface area contributed by atoms with Crippen LogP contribution >= 0.6 is 0 Å². The number of rotatable bonds is 4. The molecule has 0 aromatic rings. The maximum Gasteiger partial charge on any atom is 0.246 e. The fraction of sp³-hybridized carbons (Fsp3) is 0.875. The van der Waals surface area contributed by atoms with Crippen LogP contribution in [0.3, 0.4) is 0 Å². The minimum atomic E-state index is -0.331. The summed E-state index contributed by atoms with van der Waals surface area (Å²) in [6.07, 6.45) is 2.31. The molecule has 1 saturated carbocycles. The summed E-state index contributed by atoms with van der Waals surface area (Å²) in [5.74, 6) is 0.131. The quantitative estimate of drug-likeness (QED) is 0.859. The van der Waals surface area contributed by atoms with Crippen molar-refractivity contribution in [1.29, 1.82) is 0 Å². The lowest BCUT2D eigenvalue weighted by atomic mass is 10.0. The van der Waals surface area contributed by atoms with Crippen molar-refractivity contribution in [2.45, 2.75) is 78.9 Å². The summed E-state index contributed by atoms with van der Waals surface area (Å²) in [6, 6.07) is -0.470. The van der Waals surface area contributed by atoms with Gasteiger partial charge in [0.25, 0.3) is 0 Å². The molecular formula is C16H28N2O2. The zero-order valence-corrected chi connectivity index (χ0v) is 13.6. The van der Waals surface area contributed by atoms with E-state index in [1.807, 2.05) is 18.7 Å². The zero-order chi connectivity index (χ0) is 15.3. The molecule has 1 aliphatic heterocycles. The highest BCUT2D eigenvalue weighted by molar-refractivity contribution is 5.97. The summed E-state index contributed by atoms with van der Waals surface area (Å²) in [4.78, 5) is 27.0. The van der Waals surface area contributed by atoms with Gasteiger partial charge in [0.05, 0.1) is 0 Å². The molecule has 0 radical (unpaired) electrons. The van der Waals surface area contributed by atoms with Gasteiger partial charge in [-0.2, -0.15) is 0 Å². The molecule has 2 aliphatic rings. The predicted molar refractivity (Wildman–Crippen MR) is 79.1 cm³/mol. The first-order chi connectivity index (χ1) is 9.20. The van der Waals surface area contributed by atoms with E-state index in [-0.39, 0.29) is 40.8 Å². The lowest BCUT2D eigenvalue weighted by molar-refractivity contribution is -0.151. The van der Waals surface area contributed by atoms with E-state index < -0.39 is 0 Å². The first kappa shape index (κ1) is 15.3. The second kappa shape index (κ2) is 4.74. The topological polar surface area (TPSA) is 49.4 Å². The fourth-order valence-corrected chi connectivity index (χ4v) is 3.82. The van der Waals surface area contributed by atoms with Crippen LogP contribution in [-0.2, 0) is 9.59 Å². The van der Waals surface area contributed by atoms with Crippen molar-refractivity contribution >= 4 is 11.8 Å². The Balaban J connectivity index is 2.32. The Morgan fingerprint density at radius 1 is 1.10 bits per heavy atom. The van der Waals surface area contributed by atoms with E-state index in [2.05, 4.69) is 33.0 Å². The number of nitrogens with zero attached hydrogens (tertiary/aromatic N) is 1.